The van der Waals surface area contributed by atoms with Crippen LogP contribution < -0.4 is 5.32 Å². The highest BCUT2D eigenvalue weighted by Gasteiger charge is 2.35. The Morgan fingerprint density at radius 3 is 2.33 bits per heavy atom. The van der Waals surface area contributed by atoms with Gasteiger partial charge in [-0.1, -0.05) is 43.7 Å². The smallest absolute Gasteiger partial charge is 0.261 e. The van der Waals surface area contributed by atoms with E-state index >= 15 is 0 Å². The first-order valence-electron chi connectivity index (χ1n) is 9.21. The third-order valence-corrected chi connectivity index (χ3v) is 4.56. The molecular formula is C22H24N2O3. The fraction of sp³-hybridized carbons (Fsp3) is 0.318. The molecule has 1 aliphatic rings. The molecule has 2 aromatic carbocycles. The monoisotopic (exact) mass is 364 g/mol. The second-order valence-corrected chi connectivity index (χ2v) is 7.41. The summed E-state index contributed by atoms with van der Waals surface area (Å²) < 4.78 is 0. The van der Waals surface area contributed by atoms with Crippen LogP contribution in [0, 0.1) is 12.8 Å². The van der Waals surface area contributed by atoms with E-state index in [1.807, 2.05) is 45.0 Å². The van der Waals surface area contributed by atoms with E-state index in [0.29, 0.717) is 36.2 Å². The minimum atomic E-state index is -0.292. The number of anilines is 1. The van der Waals surface area contributed by atoms with E-state index in [1.165, 1.54) is 10.5 Å². The molecule has 1 aliphatic heterocycles. The van der Waals surface area contributed by atoms with Crippen LogP contribution >= 0.6 is 0 Å². The van der Waals surface area contributed by atoms with Crippen molar-refractivity contribution in [3.8, 4) is 0 Å². The number of carbonyl (C=O) groups is 3. The Hall–Kier alpha value is -2.95. The van der Waals surface area contributed by atoms with Gasteiger partial charge in [0.1, 0.15) is 0 Å². The first kappa shape index (κ1) is 18.8. The van der Waals surface area contributed by atoms with Gasteiger partial charge in [0, 0.05) is 18.7 Å². The molecule has 0 fully saturated rings. The van der Waals surface area contributed by atoms with Crippen LogP contribution in [0.25, 0.3) is 0 Å². The number of aryl methyl sites for hydroxylation is 2. The number of hydrogen-bond acceptors (Lipinski definition) is 3. The largest absolute Gasteiger partial charge is 0.326 e. The van der Waals surface area contributed by atoms with Crippen molar-refractivity contribution in [2.24, 2.45) is 5.92 Å². The van der Waals surface area contributed by atoms with E-state index in [0.717, 1.165) is 5.56 Å². The number of amides is 3. The van der Waals surface area contributed by atoms with Crippen molar-refractivity contribution in [1.29, 1.82) is 0 Å². The predicted octanol–water partition coefficient (Wildman–Crippen LogP) is 3.82. The highest BCUT2D eigenvalue weighted by atomic mass is 16.2. The number of nitrogens with one attached hydrogen (secondary N) is 1. The summed E-state index contributed by atoms with van der Waals surface area (Å²) in [7, 11) is 0. The molecule has 1 heterocycles. The lowest BCUT2D eigenvalue weighted by atomic mass is 10.1. The van der Waals surface area contributed by atoms with Crippen LogP contribution in [0.5, 0.6) is 0 Å². The molecule has 1 N–H and O–H groups in total. The van der Waals surface area contributed by atoms with Gasteiger partial charge in [-0.25, -0.2) is 0 Å². The maximum Gasteiger partial charge on any atom is 0.261 e. The first-order valence-corrected chi connectivity index (χ1v) is 9.21. The fourth-order valence-corrected chi connectivity index (χ4v) is 3.14. The minimum Gasteiger partial charge on any atom is -0.326 e. The molecule has 0 spiro atoms. The summed E-state index contributed by atoms with van der Waals surface area (Å²) in [4.78, 5) is 38.4. The van der Waals surface area contributed by atoms with E-state index in [1.54, 1.807) is 18.2 Å². The molecule has 0 aliphatic carbocycles. The maximum absolute atomic E-state index is 12.5. The van der Waals surface area contributed by atoms with Gasteiger partial charge in [-0.15, -0.1) is 0 Å². The number of hydrogen-bond donors (Lipinski definition) is 1. The summed E-state index contributed by atoms with van der Waals surface area (Å²) in [6.45, 7) is 6.34. The Kier molecular flexibility index (Phi) is 5.40. The molecular weight excluding hydrogens is 340 g/mol. The molecule has 3 amide bonds. The Balaban J connectivity index is 1.65. The molecule has 5 nitrogen and oxygen atoms in total. The van der Waals surface area contributed by atoms with E-state index < -0.39 is 0 Å². The third-order valence-electron chi connectivity index (χ3n) is 4.56. The third kappa shape index (κ3) is 4.25. The number of benzene rings is 2. The first-order chi connectivity index (χ1) is 12.8. The molecule has 5 heteroatoms. The highest BCUT2D eigenvalue weighted by molar-refractivity contribution is 6.21. The SMILES string of the molecule is Cc1ccc(CCC(=O)Nc2ccc3c(c2)C(=O)N(CC(C)C)C3=O)cc1. The van der Waals surface area contributed by atoms with Crippen molar-refractivity contribution < 1.29 is 14.4 Å². The van der Waals surface area contributed by atoms with Gasteiger partial charge in [0.25, 0.3) is 11.8 Å². The number of rotatable bonds is 6. The summed E-state index contributed by atoms with van der Waals surface area (Å²) in [5, 5.41) is 2.82. The van der Waals surface area contributed by atoms with Gasteiger partial charge in [-0.2, -0.15) is 0 Å². The molecule has 27 heavy (non-hydrogen) atoms. The van der Waals surface area contributed by atoms with Gasteiger partial charge in [-0.05, 0) is 43.0 Å². The van der Waals surface area contributed by atoms with E-state index in [9.17, 15) is 14.4 Å². The standard InChI is InChI=1S/C22H24N2O3/c1-14(2)13-24-21(26)18-10-9-17(12-19(18)22(24)27)23-20(25)11-8-16-6-4-15(3)5-7-16/h4-7,9-10,12,14H,8,11,13H2,1-3H3,(H,23,25). The van der Waals surface area contributed by atoms with Crippen LogP contribution in [-0.4, -0.2) is 29.2 Å². The summed E-state index contributed by atoms with van der Waals surface area (Å²) in [6, 6.07) is 13.0. The summed E-state index contributed by atoms with van der Waals surface area (Å²) in [5.74, 6) is -0.472. The molecule has 0 aromatic heterocycles. The topological polar surface area (TPSA) is 66.5 Å². The number of fused-ring (bicyclic) bond motifs is 1. The Labute approximate surface area is 159 Å². The highest BCUT2D eigenvalue weighted by Crippen LogP contribution is 2.26. The molecule has 0 unspecified atom stereocenters. The number of imide groups is 1. The molecule has 3 rings (SSSR count). The normalized spacial score (nSPS) is 13.3. The van der Waals surface area contributed by atoms with Crippen LogP contribution in [-0.2, 0) is 11.2 Å². The molecule has 0 saturated carbocycles. The van der Waals surface area contributed by atoms with Crippen molar-refractivity contribution in [1.82, 2.24) is 4.90 Å². The second-order valence-electron chi connectivity index (χ2n) is 7.41. The average Bonchev–Trinajstić information content (AvgIpc) is 2.85. The van der Waals surface area contributed by atoms with Gasteiger partial charge in [0.2, 0.25) is 5.91 Å². The van der Waals surface area contributed by atoms with Crippen molar-refractivity contribution in [3.05, 3.63) is 64.7 Å². The zero-order valence-electron chi connectivity index (χ0n) is 15.9. The molecule has 140 valence electrons. The Morgan fingerprint density at radius 1 is 1.00 bits per heavy atom. The lowest BCUT2D eigenvalue weighted by Gasteiger charge is -2.15. The van der Waals surface area contributed by atoms with Gasteiger partial charge in [-0.3, -0.25) is 19.3 Å². The minimum absolute atomic E-state index is 0.119. The fourth-order valence-electron chi connectivity index (χ4n) is 3.14. The molecule has 0 saturated heterocycles. The van der Waals surface area contributed by atoms with Gasteiger partial charge in [0.15, 0.2) is 0 Å². The molecule has 0 radical (unpaired) electrons. The van der Waals surface area contributed by atoms with Crippen LogP contribution in [0.4, 0.5) is 5.69 Å². The lowest BCUT2D eigenvalue weighted by Crippen LogP contribution is -2.33. The van der Waals surface area contributed by atoms with Crippen molar-refractivity contribution >= 4 is 23.4 Å². The Morgan fingerprint density at radius 2 is 1.67 bits per heavy atom. The summed E-state index contributed by atoms with van der Waals surface area (Å²) in [6.07, 6.45) is 1.00. The zero-order valence-corrected chi connectivity index (χ0v) is 15.9. The number of carbonyl (C=O) groups excluding carboxylic acids is 3. The van der Waals surface area contributed by atoms with Crippen molar-refractivity contribution in [2.45, 2.75) is 33.6 Å². The average molecular weight is 364 g/mol. The van der Waals surface area contributed by atoms with Crippen LogP contribution in [0.2, 0.25) is 0 Å². The van der Waals surface area contributed by atoms with E-state index in [2.05, 4.69) is 5.32 Å². The van der Waals surface area contributed by atoms with Crippen molar-refractivity contribution in [2.75, 3.05) is 11.9 Å². The Bertz CT molecular complexity index is 885. The molecule has 0 bridgehead atoms. The van der Waals surface area contributed by atoms with Gasteiger partial charge < -0.3 is 5.32 Å². The quantitative estimate of drug-likeness (QED) is 0.793. The lowest BCUT2D eigenvalue weighted by molar-refractivity contribution is -0.116. The zero-order chi connectivity index (χ0) is 19.6. The van der Waals surface area contributed by atoms with E-state index in [-0.39, 0.29) is 23.6 Å². The second kappa shape index (κ2) is 7.74. The van der Waals surface area contributed by atoms with Crippen LogP contribution in [0.3, 0.4) is 0 Å². The summed E-state index contributed by atoms with van der Waals surface area (Å²) in [5.41, 5.74) is 3.59. The van der Waals surface area contributed by atoms with Crippen molar-refractivity contribution in [3.63, 3.8) is 0 Å². The molecule has 2 aromatic rings. The van der Waals surface area contributed by atoms with Crippen LogP contribution in [0.1, 0.15) is 52.1 Å². The van der Waals surface area contributed by atoms with E-state index in [4.69, 9.17) is 0 Å². The van der Waals surface area contributed by atoms with Gasteiger partial charge >= 0.3 is 0 Å². The number of nitrogens with zero attached hydrogens (tertiary/aromatic N) is 1. The maximum atomic E-state index is 12.5. The molecule has 0 atom stereocenters. The van der Waals surface area contributed by atoms with Gasteiger partial charge in [0.05, 0.1) is 11.1 Å². The summed E-state index contributed by atoms with van der Waals surface area (Å²) >= 11 is 0. The predicted molar refractivity (Wildman–Crippen MR) is 105 cm³/mol. The van der Waals surface area contributed by atoms with Crippen LogP contribution in [0.15, 0.2) is 42.5 Å².